The zero-order valence-corrected chi connectivity index (χ0v) is 8.36. The molecule has 0 fully saturated rings. The minimum atomic E-state index is 0.261. The van der Waals surface area contributed by atoms with Gasteiger partial charge in [0.1, 0.15) is 0 Å². The van der Waals surface area contributed by atoms with E-state index in [1.807, 2.05) is 6.08 Å². The minimum Gasteiger partial charge on any atom is -0.295 e. The van der Waals surface area contributed by atoms with Gasteiger partial charge in [0.25, 0.3) is 0 Å². The number of carbonyl (C=O) groups excluding carboxylic acids is 1. The molecule has 0 atom stereocenters. The molecule has 0 N–H and O–H groups in total. The number of rotatable bonds is 2. The summed E-state index contributed by atoms with van der Waals surface area (Å²) < 4.78 is 0. The summed E-state index contributed by atoms with van der Waals surface area (Å²) in [5, 5.41) is 0. The summed E-state index contributed by atoms with van der Waals surface area (Å²) in [5.74, 6) is 1.76. The third-order valence-corrected chi connectivity index (χ3v) is 2.56. The smallest absolute Gasteiger partial charge is 0.157 e. The van der Waals surface area contributed by atoms with E-state index in [2.05, 4.69) is 19.9 Å². The van der Waals surface area contributed by atoms with E-state index in [0.717, 1.165) is 10.7 Å². The first kappa shape index (κ1) is 9.59. The van der Waals surface area contributed by atoms with Crippen LogP contribution in [0.25, 0.3) is 0 Å². The lowest BCUT2D eigenvalue weighted by Crippen LogP contribution is -2.01. The second-order valence-electron chi connectivity index (χ2n) is 3.21. The van der Waals surface area contributed by atoms with Gasteiger partial charge < -0.3 is 0 Å². The molecule has 2 heteroatoms. The maximum atomic E-state index is 11.0. The zero-order valence-electron chi connectivity index (χ0n) is 7.54. The van der Waals surface area contributed by atoms with Gasteiger partial charge in [0.15, 0.2) is 5.78 Å². The molecule has 0 amide bonds. The SMILES string of the molecule is CC(C)C=CC1=CC(=O)CCS1. The molecule has 0 radical (unpaired) electrons. The van der Waals surface area contributed by atoms with Crippen molar-refractivity contribution in [3.05, 3.63) is 23.1 Å². The van der Waals surface area contributed by atoms with Crippen LogP contribution < -0.4 is 0 Å². The minimum absolute atomic E-state index is 0.261. The Bertz CT molecular complexity index is 226. The maximum absolute atomic E-state index is 11.0. The van der Waals surface area contributed by atoms with Gasteiger partial charge in [0.05, 0.1) is 0 Å². The number of hydrogen-bond donors (Lipinski definition) is 0. The fourth-order valence-corrected chi connectivity index (χ4v) is 1.85. The van der Waals surface area contributed by atoms with E-state index in [1.54, 1.807) is 17.8 Å². The molecular formula is C10H14OS. The molecule has 1 aliphatic rings. The van der Waals surface area contributed by atoms with Crippen LogP contribution in [0.4, 0.5) is 0 Å². The Morgan fingerprint density at radius 3 is 2.92 bits per heavy atom. The van der Waals surface area contributed by atoms with Crippen molar-refractivity contribution >= 4 is 17.5 Å². The average molecular weight is 182 g/mol. The van der Waals surface area contributed by atoms with Crippen molar-refractivity contribution in [3.63, 3.8) is 0 Å². The van der Waals surface area contributed by atoms with Gasteiger partial charge in [0.2, 0.25) is 0 Å². The molecule has 0 aromatic rings. The van der Waals surface area contributed by atoms with Crippen molar-refractivity contribution in [1.29, 1.82) is 0 Å². The lowest BCUT2D eigenvalue weighted by molar-refractivity contribution is -0.114. The average Bonchev–Trinajstić information content (AvgIpc) is 2.01. The number of hydrogen-bond acceptors (Lipinski definition) is 2. The molecular weight excluding hydrogens is 168 g/mol. The first-order valence-electron chi connectivity index (χ1n) is 4.24. The van der Waals surface area contributed by atoms with E-state index in [0.29, 0.717) is 12.3 Å². The summed E-state index contributed by atoms with van der Waals surface area (Å²) in [6.45, 7) is 4.26. The van der Waals surface area contributed by atoms with E-state index >= 15 is 0 Å². The van der Waals surface area contributed by atoms with Crippen LogP contribution in [0, 0.1) is 5.92 Å². The molecule has 0 aromatic heterocycles. The monoisotopic (exact) mass is 182 g/mol. The van der Waals surface area contributed by atoms with Gasteiger partial charge in [-0.3, -0.25) is 4.79 Å². The Morgan fingerprint density at radius 2 is 2.33 bits per heavy atom. The summed E-state index contributed by atoms with van der Waals surface area (Å²) in [5.41, 5.74) is 0. The third kappa shape index (κ3) is 3.26. The Hall–Kier alpha value is -0.500. The second kappa shape index (κ2) is 4.51. The summed E-state index contributed by atoms with van der Waals surface area (Å²) in [4.78, 5) is 12.1. The van der Waals surface area contributed by atoms with Crippen LogP contribution >= 0.6 is 11.8 Å². The molecule has 0 bridgehead atoms. The summed E-state index contributed by atoms with van der Waals surface area (Å²) in [6.07, 6.45) is 6.61. The van der Waals surface area contributed by atoms with E-state index < -0.39 is 0 Å². The van der Waals surface area contributed by atoms with Gasteiger partial charge >= 0.3 is 0 Å². The van der Waals surface area contributed by atoms with Gasteiger partial charge in [-0.15, -0.1) is 11.8 Å². The van der Waals surface area contributed by atoms with Crippen molar-refractivity contribution in [2.45, 2.75) is 20.3 Å². The second-order valence-corrected chi connectivity index (χ2v) is 4.38. The highest BCUT2D eigenvalue weighted by atomic mass is 32.2. The summed E-state index contributed by atoms with van der Waals surface area (Å²) in [7, 11) is 0. The van der Waals surface area contributed by atoms with Gasteiger partial charge in [-0.25, -0.2) is 0 Å². The quantitative estimate of drug-likeness (QED) is 0.653. The molecule has 66 valence electrons. The third-order valence-electron chi connectivity index (χ3n) is 1.57. The topological polar surface area (TPSA) is 17.1 Å². The summed E-state index contributed by atoms with van der Waals surface area (Å²) in [6, 6.07) is 0. The normalized spacial score (nSPS) is 18.9. The Kier molecular flexibility index (Phi) is 3.60. The molecule has 1 nitrogen and oxygen atoms in total. The van der Waals surface area contributed by atoms with Crippen LogP contribution in [0.5, 0.6) is 0 Å². The molecule has 0 saturated heterocycles. The number of ketones is 1. The molecule has 0 unspecified atom stereocenters. The maximum Gasteiger partial charge on any atom is 0.157 e. The van der Waals surface area contributed by atoms with Crippen LogP contribution in [-0.4, -0.2) is 11.5 Å². The van der Waals surface area contributed by atoms with Crippen LogP contribution in [0.1, 0.15) is 20.3 Å². The van der Waals surface area contributed by atoms with Crippen molar-refractivity contribution in [1.82, 2.24) is 0 Å². The molecule has 1 aliphatic heterocycles. The summed E-state index contributed by atoms with van der Waals surface area (Å²) >= 11 is 1.76. The van der Waals surface area contributed by atoms with E-state index in [9.17, 15) is 4.79 Å². The van der Waals surface area contributed by atoms with Gasteiger partial charge in [-0.05, 0) is 12.0 Å². The highest BCUT2D eigenvalue weighted by Crippen LogP contribution is 2.23. The first-order valence-corrected chi connectivity index (χ1v) is 5.22. The molecule has 0 spiro atoms. The number of thioether (sulfide) groups is 1. The van der Waals surface area contributed by atoms with E-state index in [1.165, 1.54) is 0 Å². The standard InChI is InChI=1S/C10H14OS/c1-8(2)3-4-10-7-9(11)5-6-12-10/h3-4,7-8H,5-6H2,1-2H3. The molecule has 12 heavy (non-hydrogen) atoms. The number of allylic oxidation sites excluding steroid dienone is 3. The molecule has 0 aliphatic carbocycles. The van der Waals surface area contributed by atoms with Crippen molar-refractivity contribution in [3.8, 4) is 0 Å². The van der Waals surface area contributed by atoms with Crippen molar-refractivity contribution in [2.24, 2.45) is 5.92 Å². The van der Waals surface area contributed by atoms with Gasteiger partial charge in [0, 0.05) is 17.1 Å². The predicted molar refractivity (Wildman–Crippen MR) is 54.1 cm³/mol. The van der Waals surface area contributed by atoms with Crippen LogP contribution in [0.3, 0.4) is 0 Å². The van der Waals surface area contributed by atoms with E-state index in [4.69, 9.17) is 0 Å². The van der Waals surface area contributed by atoms with E-state index in [-0.39, 0.29) is 5.78 Å². The molecule has 0 aromatic carbocycles. The Labute approximate surface area is 77.9 Å². The molecule has 1 heterocycles. The molecule has 1 rings (SSSR count). The van der Waals surface area contributed by atoms with Crippen LogP contribution in [-0.2, 0) is 4.79 Å². The zero-order chi connectivity index (χ0) is 8.97. The van der Waals surface area contributed by atoms with Crippen LogP contribution in [0.2, 0.25) is 0 Å². The fourth-order valence-electron chi connectivity index (χ4n) is 0.925. The lowest BCUT2D eigenvalue weighted by atomic mass is 10.2. The lowest BCUT2D eigenvalue weighted by Gasteiger charge is -2.07. The Morgan fingerprint density at radius 1 is 1.58 bits per heavy atom. The van der Waals surface area contributed by atoms with Gasteiger partial charge in [-0.2, -0.15) is 0 Å². The highest BCUT2D eigenvalue weighted by molar-refractivity contribution is 8.03. The van der Waals surface area contributed by atoms with Crippen molar-refractivity contribution < 1.29 is 4.79 Å². The predicted octanol–water partition coefficient (Wildman–Crippen LogP) is 2.79. The highest BCUT2D eigenvalue weighted by Gasteiger charge is 2.07. The van der Waals surface area contributed by atoms with Crippen LogP contribution in [0.15, 0.2) is 23.1 Å². The van der Waals surface area contributed by atoms with Crippen molar-refractivity contribution in [2.75, 3.05) is 5.75 Å². The Balaban J connectivity index is 2.57. The van der Waals surface area contributed by atoms with Gasteiger partial charge in [-0.1, -0.05) is 26.0 Å². The fraction of sp³-hybridized carbons (Fsp3) is 0.500. The number of carbonyl (C=O) groups is 1. The first-order chi connectivity index (χ1) is 5.68. The molecule has 0 saturated carbocycles. The largest absolute Gasteiger partial charge is 0.295 e.